The van der Waals surface area contributed by atoms with Crippen molar-refractivity contribution < 1.29 is 14.7 Å². The number of ether oxygens (including phenoxy) is 1. The lowest BCUT2D eigenvalue weighted by molar-refractivity contribution is -0.189. The van der Waals surface area contributed by atoms with E-state index >= 15 is 0 Å². The van der Waals surface area contributed by atoms with Crippen LogP contribution in [-0.2, 0) is 9.53 Å². The van der Waals surface area contributed by atoms with E-state index in [1.165, 1.54) is 7.11 Å². The highest BCUT2D eigenvalue weighted by Gasteiger charge is 2.32. The first-order chi connectivity index (χ1) is 4.24. The molecule has 0 saturated carbocycles. The van der Waals surface area contributed by atoms with Gasteiger partial charge in [0.05, 0.1) is 13.0 Å². The molecule has 0 aromatic heterocycles. The zero-order chi connectivity index (χ0) is 6.85. The number of esters is 1. The van der Waals surface area contributed by atoms with Crippen molar-refractivity contribution in [3.8, 4) is 0 Å². The second-order valence-electron chi connectivity index (χ2n) is 2.09. The fraction of sp³-hybridized carbons (Fsp3) is 0.800. The number of hydrogen-bond donors (Lipinski definition) is 1. The summed E-state index contributed by atoms with van der Waals surface area (Å²) in [5, 5.41) is 9.67. The number of nitrogens with zero attached hydrogens (tertiary/aromatic N) is 1. The van der Waals surface area contributed by atoms with Crippen molar-refractivity contribution in [2.24, 2.45) is 5.92 Å². The summed E-state index contributed by atoms with van der Waals surface area (Å²) in [6.45, 7) is 0.819. The van der Waals surface area contributed by atoms with Gasteiger partial charge >= 0.3 is 5.97 Å². The first-order valence-electron chi connectivity index (χ1n) is 2.75. The molecule has 0 amide bonds. The molecule has 0 spiro atoms. The van der Waals surface area contributed by atoms with E-state index < -0.39 is 0 Å². The van der Waals surface area contributed by atoms with Gasteiger partial charge in [-0.1, -0.05) is 0 Å². The average molecular weight is 131 g/mol. The third-order valence-corrected chi connectivity index (χ3v) is 1.40. The topological polar surface area (TPSA) is 49.8 Å². The fourth-order valence-electron chi connectivity index (χ4n) is 0.771. The van der Waals surface area contributed by atoms with Crippen molar-refractivity contribution in [2.75, 3.05) is 20.2 Å². The minimum Gasteiger partial charge on any atom is -0.469 e. The molecule has 0 radical (unpaired) electrons. The monoisotopic (exact) mass is 131 g/mol. The average Bonchev–Trinajstić information content (AvgIpc) is 1.79. The van der Waals surface area contributed by atoms with E-state index in [4.69, 9.17) is 5.21 Å². The van der Waals surface area contributed by atoms with Gasteiger partial charge in [-0.05, 0) is 0 Å². The van der Waals surface area contributed by atoms with Gasteiger partial charge in [0.15, 0.2) is 0 Å². The zero-order valence-electron chi connectivity index (χ0n) is 5.20. The van der Waals surface area contributed by atoms with Crippen LogP contribution in [0.25, 0.3) is 0 Å². The van der Waals surface area contributed by atoms with Crippen LogP contribution in [0.1, 0.15) is 0 Å². The molecule has 0 unspecified atom stereocenters. The Morgan fingerprint density at radius 1 is 1.78 bits per heavy atom. The van der Waals surface area contributed by atoms with E-state index in [0.717, 1.165) is 5.06 Å². The van der Waals surface area contributed by atoms with E-state index in [0.29, 0.717) is 13.1 Å². The van der Waals surface area contributed by atoms with Crippen molar-refractivity contribution in [1.29, 1.82) is 0 Å². The predicted octanol–water partition coefficient (Wildman–Crippen LogP) is -0.520. The minimum absolute atomic E-state index is 0.111. The second-order valence-corrected chi connectivity index (χ2v) is 2.09. The Balaban J connectivity index is 2.23. The molecule has 1 fully saturated rings. The third-order valence-electron chi connectivity index (χ3n) is 1.40. The van der Waals surface area contributed by atoms with Gasteiger partial charge in [0.25, 0.3) is 0 Å². The molecule has 0 aromatic carbocycles. The summed E-state index contributed by atoms with van der Waals surface area (Å²) in [7, 11) is 1.35. The Morgan fingerprint density at radius 3 is 2.67 bits per heavy atom. The quantitative estimate of drug-likeness (QED) is 0.486. The van der Waals surface area contributed by atoms with Crippen LogP contribution < -0.4 is 0 Å². The van der Waals surface area contributed by atoms with E-state index in [2.05, 4.69) is 4.74 Å². The molecule has 1 N–H and O–H groups in total. The van der Waals surface area contributed by atoms with Gasteiger partial charge in [0, 0.05) is 13.1 Å². The van der Waals surface area contributed by atoms with E-state index in [-0.39, 0.29) is 11.9 Å². The van der Waals surface area contributed by atoms with Gasteiger partial charge in [0.2, 0.25) is 0 Å². The molecule has 52 valence electrons. The Bertz CT molecular complexity index is 119. The molecule has 4 heteroatoms. The summed E-state index contributed by atoms with van der Waals surface area (Å²) in [5.74, 6) is -0.347. The van der Waals surface area contributed by atoms with Gasteiger partial charge in [-0.3, -0.25) is 4.79 Å². The molecule has 1 heterocycles. The lowest BCUT2D eigenvalue weighted by Crippen LogP contribution is -2.48. The first kappa shape index (κ1) is 6.51. The largest absolute Gasteiger partial charge is 0.469 e. The van der Waals surface area contributed by atoms with Crippen molar-refractivity contribution in [3.63, 3.8) is 0 Å². The summed E-state index contributed by atoms with van der Waals surface area (Å²) in [4.78, 5) is 10.6. The number of rotatable bonds is 1. The van der Waals surface area contributed by atoms with Crippen LogP contribution in [0, 0.1) is 5.92 Å². The van der Waals surface area contributed by atoms with Crippen LogP contribution in [0.2, 0.25) is 0 Å². The molecule has 0 aromatic rings. The molecular formula is C5H9NO3. The molecule has 4 nitrogen and oxygen atoms in total. The molecule has 1 aliphatic heterocycles. The van der Waals surface area contributed by atoms with Crippen molar-refractivity contribution in [2.45, 2.75) is 0 Å². The molecule has 0 bridgehead atoms. The van der Waals surface area contributed by atoms with Crippen LogP contribution in [0.4, 0.5) is 0 Å². The van der Waals surface area contributed by atoms with Gasteiger partial charge in [-0.2, -0.15) is 5.06 Å². The lowest BCUT2D eigenvalue weighted by atomic mass is 10.0. The summed E-state index contributed by atoms with van der Waals surface area (Å²) in [6, 6.07) is 0. The third kappa shape index (κ3) is 1.20. The van der Waals surface area contributed by atoms with Gasteiger partial charge in [0.1, 0.15) is 0 Å². The maximum absolute atomic E-state index is 10.6. The first-order valence-corrected chi connectivity index (χ1v) is 2.75. The molecule has 0 atom stereocenters. The van der Waals surface area contributed by atoms with Gasteiger partial charge in [-0.15, -0.1) is 0 Å². The summed E-state index contributed by atoms with van der Waals surface area (Å²) in [6.07, 6.45) is 0. The van der Waals surface area contributed by atoms with E-state index in [1.54, 1.807) is 0 Å². The highest BCUT2D eigenvalue weighted by molar-refractivity contribution is 5.73. The lowest BCUT2D eigenvalue weighted by Gasteiger charge is -2.31. The fourth-order valence-corrected chi connectivity index (χ4v) is 0.771. The number of methoxy groups -OCH3 is 1. The SMILES string of the molecule is COC(=O)C1CN(O)C1. The maximum atomic E-state index is 10.6. The molecule has 0 aliphatic carbocycles. The Morgan fingerprint density at radius 2 is 2.33 bits per heavy atom. The van der Waals surface area contributed by atoms with Crippen molar-refractivity contribution >= 4 is 5.97 Å². The Hall–Kier alpha value is -0.610. The highest BCUT2D eigenvalue weighted by atomic mass is 16.5. The molecule has 1 aliphatic rings. The standard InChI is InChI=1S/C5H9NO3/c1-9-5(7)4-2-6(8)3-4/h4,8H,2-3H2,1H3. The molecule has 9 heavy (non-hydrogen) atoms. The number of hydroxylamine groups is 2. The Labute approximate surface area is 53.0 Å². The van der Waals surface area contributed by atoms with E-state index in [1.807, 2.05) is 0 Å². The van der Waals surface area contributed by atoms with Crippen LogP contribution in [-0.4, -0.2) is 36.4 Å². The normalized spacial score (nSPS) is 21.1. The summed E-state index contributed by atoms with van der Waals surface area (Å²) < 4.78 is 4.43. The molecule has 1 saturated heterocycles. The van der Waals surface area contributed by atoms with Gasteiger partial charge < -0.3 is 9.94 Å². The van der Waals surface area contributed by atoms with Gasteiger partial charge in [-0.25, -0.2) is 0 Å². The number of carbonyl (C=O) groups is 1. The minimum atomic E-state index is -0.236. The van der Waals surface area contributed by atoms with Crippen molar-refractivity contribution in [1.82, 2.24) is 5.06 Å². The van der Waals surface area contributed by atoms with Crippen molar-refractivity contribution in [3.05, 3.63) is 0 Å². The number of hydrogen-bond acceptors (Lipinski definition) is 4. The van der Waals surface area contributed by atoms with Crippen LogP contribution >= 0.6 is 0 Å². The Kier molecular flexibility index (Phi) is 1.68. The number of carbonyl (C=O) groups excluding carboxylic acids is 1. The predicted molar refractivity (Wildman–Crippen MR) is 28.9 cm³/mol. The molecule has 1 rings (SSSR count). The maximum Gasteiger partial charge on any atom is 0.311 e. The summed E-state index contributed by atoms with van der Waals surface area (Å²) >= 11 is 0. The van der Waals surface area contributed by atoms with Crippen LogP contribution in [0.5, 0.6) is 0 Å². The van der Waals surface area contributed by atoms with Crippen LogP contribution in [0.3, 0.4) is 0 Å². The zero-order valence-corrected chi connectivity index (χ0v) is 5.20. The van der Waals surface area contributed by atoms with E-state index in [9.17, 15) is 4.79 Å². The highest BCUT2D eigenvalue weighted by Crippen LogP contribution is 2.12. The molecular weight excluding hydrogens is 122 g/mol. The smallest absolute Gasteiger partial charge is 0.311 e. The van der Waals surface area contributed by atoms with Crippen LogP contribution in [0.15, 0.2) is 0 Å². The summed E-state index contributed by atoms with van der Waals surface area (Å²) in [5.41, 5.74) is 0. The second kappa shape index (κ2) is 2.33.